The van der Waals surface area contributed by atoms with E-state index in [1.54, 1.807) is 32.9 Å². The van der Waals surface area contributed by atoms with Gasteiger partial charge in [0.15, 0.2) is 5.75 Å². The van der Waals surface area contributed by atoms with Crippen molar-refractivity contribution in [3.05, 3.63) is 29.8 Å². The molecule has 8 heteroatoms. The fourth-order valence-electron chi connectivity index (χ4n) is 1.54. The van der Waals surface area contributed by atoms with E-state index < -0.39 is 23.8 Å². The van der Waals surface area contributed by atoms with Gasteiger partial charge in [0.25, 0.3) is 0 Å². The summed E-state index contributed by atoms with van der Waals surface area (Å²) < 4.78 is 45.2. The van der Waals surface area contributed by atoms with Gasteiger partial charge in [-0.2, -0.15) is 0 Å². The third kappa shape index (κ3) is 7.98. The van der Waals surface area contributed by atoms with Gasteiger partial charge in [0.05, 0.1) is 5.69 Å². The van der Waals surface area contributed by atoms with Crippen molar-refractivity contribution in [3.63, 3.8) is 0 Å². The first-order chi connectivity index (χ1) is 10.5. The van der Waals surface area contributed by atoms with Crippen molar-refractivity contribution in [1.29, 1.82) is 0 Å². The Morgan fingerprint density at radius 1 is 1.30 bits per heavy atom. The van der Waals surface area contributed by atoms with Crippen molar-refractivity contribution in [2.45, 2.75) is 32.7 Å². The van der Waals surface area contributed by atoms with E-state index >= 15 is 0 Å². The average molecular weight is 332 g/mol. The molecule has 3 N–H and O–H groups in total. The number of nitrogens with one attached hydrogen (secondary N) is 1. The molecule has 0 fully saturated rings. The molecular formula is C15H19F3N2O3. The number of carbonyl (C=O) groups is 1. The molecule has 0 bridgehead atoms. The van der Waals surface area contributed by atoms with Gasteiger partial charge in [-0.3, -0.25) is 0 Å². The first-order valence-electron chi connectivity index (χ1n) is 6.75. The Kier molecular flexibility index (Phi) is 5.89. The maximum atomic E-state index is 12.1. The molecule has 1 aromatic carbocycles. The van der Waals surface area contributed by atoms with Crippen LogP contribution in [0, 0.1) is 0 Å². The van der Waals surface area contributed by atoms with Crippen LogP contribution in [0.3, 0.4) is 0 Å². The Morgan fingerprint density at radius 2 is 1.96 bits per heavy atom. The van der Waals surface area contributed by atoms with E-state index in [0.717, 1.165) is 6.07 Å². The predicted molar refractivity (Wildman–Crippen MR) is 80.8 cm³/mol. The van der Waals surface area contributed by atoms with E-state index in [0.29, 0.717) is 5.56 Å². The van der Waals surface area contributed by atoms with Crippen molar-refractivity contribution in [2.75, 3.05) is 12.3 Å². The van der Waals surface area contributed by atoms with Gasteiger partial charge in [-0.15, -0.1) is 13.2 Å². The molecule has 128 valence electrons. The van der Waals surface area contributed by atoms with E-state index in [1.807, 2.05) is 0 Å². The molecule has 1 amide bonds. The Balaban J connectivity index is 2.55. The van der Waals surface area contributed by atoms with Gasteiger partial charge in [0.2, 0.25) is 0 Å². The molecule has 5 nitrogen and oxygen atoms in total. The van der Waals surface area contributed by atoms with Gasteiger partial charge in [-0.25, -0.2) is 4.79 Å². The van der Waals surface area contributed by atoms with Gasteiger partial charge in [0.1, 0.15) is 5.60 Å². The second-order valence-electron chi connectivity index (χ2n) is 5.63. The standard InChI is InChI=1S/C15H19F3N2O3/c1-14(2,3)23-13(21)20-8-4-5-10-6-7-12(11(19)9-10)22-15(16,17)18/h4-7,9H,8,19H2,1-3H3,(H,20,21). The van der Waals surface area contributed by atoms with Crippen molar-refractivity contribution in [3.8, 4) is 5.75 Å². The highest BCUT2D eigenvalue weighted by molar-refractivity contribution is 5.68. The molecule has 0 spiro atoms. The smallest absolute Gasteiger partial charge is 0.444 e. The van der Waals surface area contributed by atoms with Gasteiger partial charge in [-0.1, -0.05) is 18.2 Å². The first-order valence-corrected chi connectivity index (χ1v) is 6.75. The Hall–Kier alpha value is -2.38. The highest BCUT2D eigenvalue weighted by Gasteiger charge is 2.31. The van der Waals surface area contributed by atoms with Crippen LogP contribution in [-0.2, 0) is 4.74 Å². The lowest BCUT2D eigenvalue weighted by molar-refractivity contribution is -0.274. The molecule has 0 heterocycles. The number of anilines is 1. The van der Waals surface area contributed by atoms with Crippen LogP contribution in [-0.4, -0.2) is 24.6 Å². The molecule has 0 aliphatic rings. The third-order valence-electron chi connectivity index (χ3n) is 2.33. The number of nitrogen functional groups attached to an aromatic ring is 1. The van der Waals surface area contributed by atoms with Crippen LogP contribution in [0.15, 0.2) is 24.3 Å². The average Bonchev–Trinajstić information content (AvgIpc) is 2.34. The minimum Gasteiger partial charge on any atom is -0.444 e. The van der Waals surface area contributed by atoms with E-state index in [4.69, 9.17) is 10.5 Å². The molecule has 0 saturated heterocycles. The molecule has 0 atom stereocenters. The highest BCUT2D eigenvalue weighted by atomic mass is 19.4. The Labute approximate surface area is 132 Å². The van der Waals surface area contributed by atoms with Gasteiger partial charge < -0.3 is 20.5 Å². The van der Waals surface area contributed by atoms with Crippen LogP contribution in [0.1, 0.15) is 26.3 Å². The lowest BCUT2D eigenvalue weighted by atomic mass is 10.2. The summed E-state index contributed by atoms with van der Waals surface area (Å²) >= 11 is 0. The number of amides is 1. The quantitative estimate of drug-likeness (QED) is 0.825. The zero-order chi connectivity index (χ0) is 17.7. The molecule has 0 radical (unpaired) electrons. The second-order valence-corrected chi connectivity index (χ2v) is 5.63. The van der Waals surface area contributed by atoms with E-state index in [1.165, 1.54) is 12.1 Å². The number of carbonyl (C=O) groups excluding carboxylic acids is 1. The molecule has 0 unspecified atom stereocenters. The number of alkyl carbamates (subject to hydrolysis) is 1. The zero-order valence-electron chi connectivity index (χ0n) is 13.0. The third-order valence-corrected chi connectivity index (χ3v) is 2.33. The number of hydrogen-bond acceptors (Lipinski definition) is 4. The summed E-state index contributed by atoms with van der Waals surface area (Å²) in [6, 6.07) is 3.89. The van der Waals surface area contributed by atoms with E-state index in [2.05, 4.69) is 10.1 Å². The SMILES string of the molecule is CC(C)(C)OC(=O)NCC=Cc1ccc(OC(F)(F)F)c(N)c1. The number of ether oxygens (including phenoxy) is 2. The van der Waals surface area contributed by atoms with Crippen molar-refractivity contribution in [2.24, 2.45) is 0 Å². The van der Waals surface area contributed by atoms with E-state index in [-0.39, 0.29) is 12.2 Å². The largest absolute Gasteiger partial charge is 0.573 e. The zero-order valence-corrected chi connectivity index (χ0v) is 13.0. The van der Waals surface area contributed by atoms with Gasteiger partial charge in [0, 0.05) is 6.54 Å². The molecule has 0 aliphatic heterocycles. The maximum Gasteiger partial charge on any atom is 0.573 e. The van der Waals surface area contributed by atoms with Crippen molar-refractivity contribution < 1.29 is 27.4 Å². The Morgan fingerprint density at radius 3 is 2.48 bits per heavy atom. The maximum absolute atomic E-state index is 12.1. The fraction of sp³-hybridized carbons (Fsp3) is 0.400. The number of alkyl halides is 3. The van der Waals surface area contributed by atoms with Crippen molar-refractivity contribution in [1.82, 2.24) is 5.32 Å². The van der Waals surface area contributed by atoms with Crippen LogP contribution in [0.25, 0.3) is 6.08 Å². The molecule has 0 saturated carbocycles. The van der Waals surface area contributed by atoms with Crippen molar-refractivity contribution >= 4 is 17.9 Å². The number of rotatable bonds is 4. The highest BCUT2D eigenvalue weighted by Crippen LogP contribution is 2.29. The Bertz CT molecular complexity index is 578. The van der Waals surface area contributed by atoms with Gasteiger partial charge >= 0.3 is 12.5 Å². The molecule has 23 heavy (non-hydrogen) atoms. The molecule has 0 aliphatic carbocycles. The summed E-state index contributed by atoms with van der Waals surface area (Å²) in [7, 11) is 0. The fourth-order valence-corrected chi connectivity index (χ4v) is 1.54. The molecular weight excluding hydrogens is 313 g/mol. The van der Waals surface area contributed by atoms with Crippen LogP contribution in [0.4, 0.5) is 23.7 Å². The number of halogens is 3. The number of benzene rings is 1. The van der Waals surface area contributed by atoms with Crippen LogP contribution < -0.4 is 15.8 Å². The van der Waals surface area contributed by atoms with E-state index in [9.17, 15) is 18.0 Å². The number of nitrogens with two attached hydrogens (primary N) is 1. The minimum absolute atomic E-state index is 0.135. The van der Waals surface area contributed by atoms with Crippen LogP contribution >= 0.6 is 0 Å². The summed E-state index contributed by atoms with van der Waals surface area (Å²) in [6.07, 6.45) is -2.13. The summed E-state index contributed by atoms with van der Waals surface area (Å²) in [5.74, 6) is -0.457. The predicted octanol–water partition coefficient (Wildman–Crippen LogP) is 3.71. The topological polar surface area (TPSA) is 73.6 Å². The summed E-state index contributed by atoms with van der Waals surface area (Å²) in [4.78, 5) is 11.4. The lowest BCUT2D eigenvalue weighted by Gasteiger charge is -2.19. The van der Waals surface area contributed by atoms with Crippen LogP contribution in [0.5, 0.6) is 5.75 Å². The first kappa shape index (κ1) is 18.7. The second kappa shape index (κ2) is 7.26. The summed E-state index contributed by atoms with van der Waals surface area (Å²) in [6.45, 7) is 5.44. The molecule has 1 aromatic rings. The monoisotopic (exact) mass is 332 g/mol. The van der Waals surface area contributed by atoms with Gasteiger partial charge in [-0.05, 0) is 38.5 Å². The normalized spacial score (nSPS) is 12.3. The molecule has 1 rings (SSSR count). The molecule has 0 aromatic heterocycles. The summed E-state index contributed by atoms with van der Waals surface area (Å²) in [5.41, 5.74) is 5.35. The lowest BCUT2D eigenvalue weighted by Crippen LogP contribution is -2.32. The van der Waals surface area contributed by atoms with Crippen LogP contribution in [0.2, 0.25) is 0 Å². The number of hydrogen-bond donors (Lipinski definition) is 2. The summed E-state index contributed by atoms with van der Waals surface area (Å²) in [5, 5.41) is 2.51. The minimum atomic E-state index is -4.79.